The third-order valence-corrected chi connectivity index (χ3v) is 8.02. The molecule has 3 bridgehead atoms. The Bertz CT molecular complexity index is 1450. The molecule has 6 saturated carbocycles. The fraction of sp³-hybridized carbons (Fsp3) is 0.409. The molecule has 0 amide bonds. The van der Waals surface area contributed by atoms with Gasteiger partial charge in [0, 0.05) is 12.2 Å². The van der Waals surface area contributed by atoms with Crippen LogP contribution in [0.15, 0.2) is 24.5 Å². The van der Waals surface area contributed by atoms with Crippen LogP contribution in [0.1, 0.15) is 25.7 Å². The van der Waals surface area contributed by atoms with Crippen molar-refractivity contribution in [2.75, 3.05) is 5.32 Å². The maximum absolute atomic E-state index is 14.7. The number of halogens is 2. The van der Waals surface area contributed by atoms with E-state index in [-0.39, 0.29) is 40.2 Å². The van der Waals surface area contributed by atoms with Gasteiger partial charge >= 0.3 is 5.97 Å². The van der Waals surface area contributed by atoms with Gasteiger partial charge in [0.05, 0.1) is 17.5 Å². The maximum atomic E-state index is 14.7. The van der Waals surface area contributed by atoms with Gasteiger partial charge in [0.2, 0.25) is 5.82 Å². The number of carboxylic acid groups (broad SMARTS) is 1. The summed E-state index contributed by atoms with van der Waals surface area (Å²) in [5.74, 6) is -1.37. The van der Waals surface area contributed by atoms with Crippen LogP contribution in [0, 0.1) is 34.8 Å². The molecule has 6 fully saturated rings. The molecule has 6 aliphatic carbocycles. The number of rotatable bonds is 4. The topological polar surface area (TPSA) is 121 Å². The van der Waals surface area contributed by atoms with Crippen LogP contribution in [0.2, 0.25) is 0 Å². The standard InChI is InChI=1S/C22H19F2N7O2/c23-10-5-12-16(28-29-18(12)25-8-10)19-27-20(17-13(24)2-4-31(17)30-19)26-15-11-1-3-22(6-9(11)7-22)14(15)21(32)33/h2,4-5,8-9,11,14-15H,1,3,6-7H2,(H,32,33)(H,25,28,29)(H,26,27,30)/t9-,11-,14+,15+,22-/m1/s1. The number of carbonyl (C=O) groups is 1. The molecule has 0 aliphatic heterocycles. The lowest BCUT2D eigenvalue weighted by molar-refractivity contribution is -0.189. The molecule has 0 radical (unpaired) electrons. The molecule has 0 aromatic carbocycles. The molecule has 6 aliphatic rings. The number of aromatic nitrogens is 6. The second-order valence-electron chi connectivity index (χ2n) is 9.58. The quantitative estimate of drug-likeness (QED) is 0.436. The highest BCUT2D eigenvalue weighted by Gasteiger charge is 2.67. The normalized spacial score (nSPS) is 30.0. The number of nitrogens with zero attached hydrogens (tertiary/aromatic N) is 5. The fourth-order valence-corrected chi connectivity index (χ4v) is 6.69. The Morgan fingerprint density at radius 3 is 2.94 bits per heavy atom. The Morgan fingerprint density at radius 2 is 2.18 bits per heavy atom. The Labute approximate surface area is 185 Å². The van der Waals surface area contributed by atoms with Gasteiger partial charge in [-0.25, -0.2) is 23.3 Å². The average molecular weight is 451 g/mol. The van der Waals surface area contributed by atoms with Crippen LogP contribution in [0.3, 0.4) is 0 Å². The molecule has 3 N–H and O–H groups in total. The van der Waals surface area contributed by atoms with Crippen LogP contribution < -0.4 is 5.32 Å². The van der Waals surface area contributed by atoms with Crippen LogP contribution in [-0.4, -0.2) is 46.9 Å². The molecular formula is C22H19F2N7O2. The van der Waals surface area contributed by atoms with Crippen LogP contribution in [0.5, 0.6) is 0 Å². The van der Waals surface area contributed by atoms with Crippen molar-refractivity contribution in [2.24, 2.45) is 23.2 Å². The average Bonchev–Trinajstić information content (AvgIpc) is 3.36. The summed E-state index contributed by atoms with van der Waals surface area (Å²) in [5, 5.41) is 25.1. The van der Waals surface area contributed by atoms with Crippen LogP contribution in [-0.2, 0) is 4.79 Å². The summed E-state index contributed by atoms with van der Waals surface area (Å²) in [6, 6.07) is 2.21. The SMILES string of the molecule is O=C(O)[C@@H]1[C@@H](Nc2nc(-c3n[nH]c4ncc(F)cc34)nn3ccc(F)c23)[C@@H]2CC[C@]13C[C@@H]2C3. The summed E-state index contributed by atoms with van der Waals surface area (Å²) in [7, 11) is 0. The van der Waals surface area contributed by atoms with Crippen molar-refractivity contribution in [3.8, 4) is 11.5 Å². The summed E-state index contributed by atoms with van der Waals surface area (Å²) in [6.07, 6.45) is 6.33. The number of aromatic amines is 1. The van der Waals surface area contributed by atoms with E-state index in [2.05, 4.69) is 30.6 Å². The van der Waals surface area contributed by atoms with E-state index < -0.39 is 23.5 Å². The molecule has 33 heavy (non-hydrogen) atoms. The number of aliphatic carboxylic acids is 1. The van der Waals surface area contributed by atoms with Crippen molar-refractivity contribution in [3.63, 3.8) is 0 Å². The third-order valence-electron chi connectivity index (χ3n) is 8.02. The monoisotopic (exact) mass is 451 g/mol. The molecule has 1 spiro atoms. The fourth-order valence-electron chi connectivity index (χ4n) is 6.69. The number of hydrogen-bond acceptors (Lipinski definition) is 6. The van der Waals surface area contributed by atoms with E-state index in [1.807, 2.05) is 0 Å². The number of anilines is 1. The summed E-state index contributed by atoms with van der Waals surface area (Å²) < 4.78 is 29.9. The zero-order valence-electron chi connectivity index (χ0n) is 17.3. The first-order chi connectivity index (χ1) is 15.9. The van der Waals surface area contributed by atoms with Crippen molar-refractivity contribution in [3.05, 3.63) is 36.2 Å². The van der Waals surface area contributed by atoms with E-state index in [4.69, 9.17) is 0 Å². The molecule has 3 atom stereocenters. The van der Waals surface area contributed by atoms with Crippen molar-refractivity contribution in [1.29, 1.82) is 0 Å². The summed E-state index contributed by atoms with van der Waals surface area (Å²) in [6.45, 7) is 0. The van der Waals surface area contributed by atoms with Gasteiger partial charge in [0.15, 0.2) is 17.3 Å². The van der Waals surface area contributed by atoms with Crippen LogP contribution >= 0.6 is 0 Å². The minimum Gasteiger partial charge on any atom is -0.481 e. The molecule has 9 nitrogen and oxygen atoms in total. The number of hydrogen-bond donors (Lipinski definition) is 3. The molecule has 4 heterocycles. The smallest absolute Gasteiger partial charge is 0.309 e. The zero-order chi connectivity index (χ0) is 22.5. The van der Waals surface area contributed by atoms with Gasteiger partial charge in [-0.05, 0) is 55.1 Å². The highest BCUT2D eigenvalue weighted by Crippen LogP contribution is 2.69. The highest BCUT2D eigenvalue weighted by molar-refractivity contribution is 5.89. The molecule has 168 valence electrons. The van der Waals surface area contributed by atoms with Crippen molar-refractivity contribution in [2.45, 2.75) is 31.7 Å². The molecule has 11 heteroatoms. The largest absolute Gasteiger partial charge is 0.481 e. The first kappa shape index (κ1) is 18.9. The van der Waals surface area contributed by atoms with E-state index in [0.717, 1.165) is 31.9 Å². The van der Waals surface area contributed by atoms with E-state index >= 15 is 0 Å². The summed E-state index contributed by atoms with van der Waals surface area (Å²) in [4.78, 5) is 20.8. The summed E-state index contributed by atoms with van der Waals surface area (Å²) in [5.41, 5.74) is 0.604. The van der Waals surface area contributed by atoms with Gasteiger partial charge in [-0.2, -0.15) is 5.10 Å². The molecular weight excluding hydrogens is 432 g/mol. The van der Waals surface area contributed by atoms with Gasteiger partial charge in [-0.15, -0.1) is 5.10 Å². The lowest BCUT2D eigenvalue weighted by atomic mass is 9.38. The van der Waals surface area contributed by atoms with Crippen molar-refractivity contribution in [1.82, 2.24) is 29.8 Å². The van der Waals surface area contributed by atoms with Gasteiger partial charge in [0.25, 0.3) is 0 Å². The first-order valence-electron chi connectivity index (χ1n) is 11.0. The van der Waals surface area contributed by atoms with E-state index in [1.54, 1.807) is 0 Å². The number of carboxylic acids is 1. The van der Waals surface area contributed by atoms with Crippen molar-refractivity contribution >= 4 is 28.3 Å². The molecule has 4 aromatic heterocycles. The third kappa shape index (κ3) is 2.47. The van der Waals surface area contributed by atoms with Gasteiger partial charge in [-0.1, -0.05) is 0 Å². The second-order valence-corrected chi connectivity index (χ2v) is 9.58. The number of nitrogens with one attached hydrogen (secondary N) is 2. The van der Waals surface area contributed by atoms with E-state index in [1.165, 1.54) is 22.8 Å². The number of pyridine rings is 1. The van der Waals surface area contributed by atoms with Crippen molar-refractivity contribution < 1.29 is 18.7 Å². The molecule has 10 rings (SSSR count). The lowest BCUT2D eigenvalue weighted by Gasteiger charge is -2.67. The first-order valence-corrected chi connectivity index (χ1v) is 11.0. The minimum atomic E-state index is -0.823. The number of fused-ring (bicyclic) bond motifs is 2. The Kier molecular flexibility index (Phi) is 3.57. The Morgan fingerprint density at radius 1 is 1.33 bits per heavy atom. The predicted molar refractivity (Wildman–Crippen MR) is 112 cm³/mol. The molecule has 0 saturated heterocycles. The second kappa shape index (κ2) is 6.24. The lowest BCUT2D eigenvalue weighted by Crippen LogP contribution is -2.67. The van der Waals surface area contributed by atoms with E-state index in [9.17, 15) is 18.7 Å². The Balaban J connectivity index is 1.37. The molecule has 0 unspecified atom stereocenters. The molecule has 4 aromatic rings. The number of H-pyrrole nitrogens is 1. The zero-order valence-corrected chi connectivity index (χ0v) is 17.3. The van der Waals surface area contributed by atoms with Gasteiger partial charge in [-0.3, -0.25) is 9.89 Å². The van der Waals surface area contributed by atoms with Gasteiger partial charge in [0.1, 0.15) is 17.0 Å². The predicted octanol–water partition coefficient (Wildman–Crippen LogP) is 3.25. The minimum absolute atomic E-state index is 0.139. The Hall–Kier alpha value is -3.63. The van der Waals surface area contributed by atoms with Gasteiger partial charge < -0.3 is 10.4 Å². The van der Waals surface area contributed by atoms with Crippen LogP contribution in [0.4, 0.5) is 14.6 Å². The van der Waals surface area contributed by atoms with E-state index in [0.29, 0.717) is 17.0 Å². The van der Waals surface area contributed by atoms with Crippen LogP contribution in [0.25, 0.3) is 28.1 Å². The highest BCUT2D eigenvalue weighted by atomic mass is 19.1. The maximum Gasteiger partial charge on any atom is 0.309 e. The summed E-state index contributed by atoms with van der Waals surface area (Å²) >= 11 is 0.